The first-order valence-corrected chi connectivity index (χ1v) is 9.15. The smallest absolute Gasteiger partial charge is 0.335 e. The van der Waals surface area contributed by atoms with Crippen LogP contribution in [0.5, 0.6) is 11.8 Å². The molecule has 0 fully saturated rings. The van der Waals surface area contributed by atoms with Crippen LogP contribution < -0.4 is 19.5 Å². The minimum absolute atomic E-state index is 0.0859. The molecule has 0 aliphatic rings. The van der Waals surface area contributed by atoms with Crippen LogP contribution in [0, 0.1) is 5.82 Å². The molecule has 0 bridgehead atoms. The normalized spacial score (nSPS) is 11.3. The van der Waals surface area contributed by atoms with Crippen LogP contribution >= 0.6 is 0 Å². The predicted molar refractivity (Wildman–Crippen MR) is 95.1 cm³/mol. The van der Waals surface area contributed by atoms with Crippen molar-refractivity contribution >= 4 is 32.9 Å². The zero-order chi connectivity index (χ0) is 20.5. The summed E-state index contributed by atoms with van der Waals surface area (Å²) in [4.78, 5) is 19.8. The number of sulfonamides is 1. The molecule has 1 aromatic carbocycles. The number of aromatic nitrogens is 4. The third-order valence-electron chi connectivity index (χ3n) is 3.60. The largest absolute Gasteiger partial charge is 0.481 e. The lowest BCUT2D eigenvalue weighted by Crippen LogP contribution is -2.35. The van der Waals surface area contributed by atoms with Gasteiger partial charge >= 0.3 is 6.03 Å². The number of hydrogen-bond acceptors (Lipinski definition) is 8. The second kappa shape index (κ2) is 7.26. The molecule has 11 nitrogen and oxygen atoms in total. The average molecular weight is 410 g/mol. The van der Waals surface area contributed by atoms with Crippen molar-refractivity contribution in [1.82, 2.24) is 24.5 Å². The van der Waals surface area contributed by atoms with Crippen LogP contribution in [0.15, 0.2) is 29.3 Å². The lowest BCUT2D eigenvalue weighted by Gasteiger charge is -2.08. The maximum absolute atomic E-state index is 14.1. The first-order valence-electron chi connectivity index (χ1n) is 7.67. The highest BCUT2D eigenvalue weighted by molar-refractivity contribution is 7.90. The van der Waals surface area contributed by atoms with E-state index in [0.29, 0.717) is 0 Å². The van der Waals surface area contributed by atoms with Gasteiger partial charge in [-0.25, -0.2) is 13.9 Å². The molecule has 0 aliphatic carbocycles. The maximum Gasteiger partial charge on any atom is 0.335 e. The van der Waals surface area contributed by atoms with Gasteiger partial charge in [-0.05, 0) is 12.1 Å². The van der Waals surface area contributed by atoms with E-state index >= 15 is 0 Å². The Labute approximate surface area is 158 Å². The summed E-state index contributed by atoms with van der Waals surface area (Å²) in [5, 5.41) is 5.10. The van der Waals surface area contributed by atoms with E-state index in [1.54, 1.807) is 4.72 Å². The molecule has 28 heavy (non-hydrogen) atoms. The Morgan fingerprint density at radius 1 is 1.18 bits per heavy atom. The number of aryl methyl sites for hydroxylation is 1. The van der Waals surface area contributed by atoms with Crippen LogP contribution in [0.1, 0.15) is 0 Å². The standard InChI is InChI=1S/C15H15FN6O5S/c1-22-9-6-4-5-8(16)12(9)13(20-22)28(24,25)21-15(23)19-14-17-10(26-2)7-11(18-14)27-3/h4-7H,1-3H3,(H2,17,18,19,21,23). The minimum Gasteiger partial charge on any atom is -0.481 e. The second-order valence-electron chi connectivity index (χ2n) is 5.40. The number of methoxy groups -OCH3 is 2. The molecule has 0 unspecified atom stereocenters. The van der Waals surface area contributed by atoms with Crippen molar-refractivity contribution < 1.29 is 27.1 Å². The van der Waals surface area contributed by atoms with Gasteiger partial charge in [-0.3, -0.25) is 10.00 Å². The highest BCUT2D eigenvalue weighted by Gasteiger charge is 2.27. The lowest BCUT2D eigenvalue weighted by molar-refractivity contribution is 0.256. The molecule has 0 atom stereocenters. The summed E-state index contributed by atoms with van der Waals surface area (Å²) in [5.74, 6) is -0.876. The molecule has 2 aromatic heterocycles. The molecular formula is C15H15FN6O5S. The van der Waals surface area contributed by atoms with Crippen LogP contribution in [-0.4, -0.2) is 48.4 Å². The number of halogens is 1. The zero-order valence-electron chi connectivity index (χ0n) is 14.9. The Hall–Kier alpha value is -3.48. The minimum atomic E-state index is -4.49. The van der Waals surface area contributed by atoms with Crippen molar-refractivity contribution in [2.75, 3.05) is 19.5 Å². The van der Waals surface area contributed by atoms with Gasteiger partial charge in [0, 0.05) is 7.05 Å². The number of benzene rings is 1. The molecule has 0 saturated heterocycles. The molecule has 3 aromatic rings. The van der Waals surface area contributed by atoms with Crippen molar-refractivity contribution in [1.29, 1.82) is 0 Å². The Kier molecular flexibility index (Phi) is 5.00. The van der Waals surface area contributed by atoms with Crippen molar-refractivity contribution in [2.24, 2.45) is 7.05 Å². The fraction of sp³-hybridized carbons (Fsp3) is 0.200. The van der Waals surface area contributed by atoms with Crippen LogP contribution in [-0.2, 0) is 17.1 Å². The Bertz CT molecular complexity index is 1140. The first kappa shape index (κ1) is 19.3. The average Bonchev–Trinajstić information content (AvgIpc) is 3.00. The lowest BCUT2D eigenvalue weighted by atomic mass is 10.2. The number of amides is 2. The van der Waals surface area contributed by atoms with Crippen LogP contribution in [0.2, 0.25) is 0 Å². The van der Waals surface area contributed by atoms with E-state index in [4.69, 9.17) is 9.47 Å². The number of carbonyl (C=O) groups excluding carboxylic acids is 1. The third-order valence-corrected chi connectivity index (χ3v) is 4.85. The number of carbonyl (C=O) groups is 1. The van der Waals surface area contributed by atoms with Crippen molar-refractivity contribution in [3.05, 3.63) is 30.1 Å². The van der Waals surface area contributed by atoms with Crippen molar-refractivity contribution in [2.45, 2.75) is 5.03 Å². The summed E-state index contributed by atoms with van der Waals surface area (Å²) >= 11 is 0. The SMILES string of the molecule is COc1cc(OC)nc(NC(=O)NS(=O)(=O)c2nn(C)c3cccc(F)c23)n1. The number of anilines is 1. The fourth-order valence-electron chi connectivity index (χ4n) is 2.39. The molecule has 2 amide bonds. The van der Waals surface area contributed by atoms with Crippen LogP contribution in [0.4, 0.5) is 15.1 Å². The quantitative estimate of drug-likeness (QED) is 0.636. The molecule has 3 rings (SSSR count). The van der Waals surface area contributed by atoms with E-state index in [-0.39, 0.29) is 28.6 Å². The highest BCUT2D eigenvalue weighted by Crippen LogP contribution is 2.24. The number of hydrogen-bond donors (Lipinski definition) is 2. The van der Waals surface area contributed by atoms with E-state index in [1.807, 2.05) is 0 Å². The van der Waals surface area contributed by atoms with E-state index in [1.165, 1.54) is 44.1 Å². The van der Waals surface area contributed by atoms with Gasteiger partial charge in [0.1, 0.15) is 5.82 Å². The van der Waals surface area contributed by atoms with Gasteiger partial charge in [-0.1, -0.05) is 6.07 Å². The molecule has 0 spiro atoms. The summed E-state index contributed by atoms with van der Waals surface area (Å²) in [6.45, 7) is 0. The third kappa shape index (κ3) is 3.64. The molecule has 0 saturated carbocycles. The fourth-order valence-corrected chi connectivity index (χ4v) is 3.48. The summed E-state index contributed by atoms with van der Waals surface area (Å²) in [6, 6.07) is 4.21. The van der Waals surface area contributed by atoms with Crippen molar-refractivity contribution in [3.63, 3.8) is 0 Å². The molecule has 0 radical (unpaired) electrons. The number of ether oxygens (including phenoxy) is 2. The van der Waals surface area contributed by atoms with Crippen LogP contribution in [0.25, 0.3) is 10.9 Å². The Morgan fingerprint density at radius 3 is 2.43 bits per heavy atom. The van der Waals surface area contributed by atoms with Gasteiger partial charge in [-0.2, -0.15) is 23.5 Å². The Balaban J connectivity index is 1.89. The van der Waals surface area contributed by atoms with E-state index in [0.717, 1.165) is 6.07 Å². The number of nitrogens with one attached hydrogen (secondary N) is 2. The number of nitrogens with zero attached hydrogens (tertiary/aromatic N) is 4. The summed E-state index contributed by atoms with van der Waals surface area (Å²) in [5.41, 5.74) is 0.252. The predicted octanol–water partition coefficient (Wildman–Crippen LogP) is 1.03. The van der Waals surface area contributed by atoms with Gasteiger partial charge < -0.3 is 9.47 Å². The molecule has 148 valence electrons. The van der Waals surface area contributed by atoms with E-state index < -0.39 is 26.9 Å². The summed E-state index contributed by atoms with van der Waals surface area (Å²) < 4.78 is 52.1. The van der Waals surface area contributed by atoms with Gasteiger partial charge in [-0.15, -0.1) is 0 Å². The monoisotopic (exact) mass is 410 g/mol. The zero-order valence-corrected chi connectivity index (χ0v) is 15.7. The topological polar surface area (TPSA) is 137 Å². The Morgan fingerprint density at radius 2 is 1.82 bits per heavy atom. The maximum atomic E-state index is 14.1. The van der Waals surface area contributed by atoms with Gasteiger partial charge in [0.2, 0.25) is 22.7 Å². The second-order valence-corrected chi connectivity index (χ2v) is 7.00. The van der Waals surface area contributed by atoms with Crippen molar-refractivity contribution in [3.8, 4) is 11.8 Å². The molecule has 13 heteroatoms. The molecule has 0 aliphatic heterocycles. The number of fused-ring (bicyclic) bond motifs is 1. The summed E-state index contributed by atoms with van der Waals surface area (Å²) in [6.07, 6.45) is 0. The van der Waals surface area contributed by atoms with Gasteiger partial charge in [0.15, 0.2) is 0 Å². The molecule has 2 heterocycles. The van der Waals surface area contributed by atoms with E-state index in [9.17, 15) is 17.6 Å². The van der Waals surface area contributed by atoms with Gasteiger partial charge in [0.05, 0.1) is 31.2 Å². The van der Waals surface area contributed by atoms with Crippen LogP contribution in [0.3, 0.4) is 0 Å². The highest BCUT2D eigenvalue weighted by atomic mass is 32.2. The molecule has 2 N–H and O–H groups in total. The number of urea groups is 1. The first-order chi connectivity index (χ1) is 13.2. The van der Waals surface area contributed by atoms with E-state index in [2.05, 4.69) is 20.4 Å². The van der Waals surface area contributed by atoms with Gasteiger partial charge in [0.25, 0.3) is 10.0 Å². The molecular weight excluding hydrogens is 395 g/mol. The number of rotatable bonds is 5. The summed E-state index contributed by atoms with van der Waals surface area (Å²) in [7, 11) is -0.348.